The zero-order chi connectivity index (χ0) is 17.9. The van der Waals surface area contributed by atoms with Gasteiger partial charge < -0.3 is 4.90 Å². The summed E-state index contributed by atoms with van der Waals surface area (Å²) in [5, 5.41) is 3.70. The SMILES string of the molecule is Cc1cnn(CCC(=O)N2CCC[C@H](S(=O)(=O)NC3CCCC3)C2)c1. The molecule has 1 saturated heterocycles. The van der Waals surface area contributed by atoms with Crippen LogP contribution in [0.4, 0.5) is 0 Å². The molecular formula is C17H28N4O3S. The number of carbonyl (C=O) groups is 1. The number of carbonyl (C=O) groups excluding carboxylic acids is 1. The maximum Gasteiger partial charge on any atom is 0.224 e. The van der Waals surface area contributed by atoms with Crippen molar-refractivity contribution in [3.05, 3.63) is 18.0 Å². The summed E-state index contributed by atoms with van der Waals surface area (Å²) < 4.78 is 29.9. The quantitative estimate of drug-likeness (QED) is 0.823. The Labute approximate surface area is 149 Å². The zero-order valence-corrected chi connectivity index (χ0v) is 15.7. The molecule has 0 spiro atoms. The number of hydrogen-bond donors (Lipinski definition) is 1. The van der Waals surface area contributed by atoms with Gasteiger partial charge in [0.05, 0.1) is 11.4 Å². The van der Waals surface area contributed by atoms with Crippen LogP contribution in [0.2, 0.25) is 0 Å². The molecule has 1 aromatic rings. The number of nitrogens with one attached hydrogen (secondary N) is 1. The van der Waals surface area contributed by atoms with Gasteiger partial charge in [0.15, 0.2) is 0 Å². The smallest absolute Gasteiger partial charge is 0.224 e. The molecular weight excluding hydrogens is 340 g/mol. The number of rotatable bonds is 6. The van der Waals surface area contributed by atoms with E-state index in [-0.39, 0.29) is 11.9 Å². The number of aromatic nitrogens is 2. The second kappa shape index (κ2) is 7.86. The highest BCUT2D eigenvalue weighted by molar-refractivity contribution is 7.90. The van der Waals surface area contributed by atoms with Crippen molar-refractivity contribution in [1.29, 1.82) is 0 Å². The predicted molar refractivity (Wildman–Crippen MR) is 95.5 cm³/mol. The molecule has 0 radical (unpaired) electrons. The first-order valence-corrected chi connectivity index (χ1v) is 10.8. The minimum absolute atomic E-state index is 0.00826. The fraction of sp³-hybridized carbons (Fsp3) is 0.765. The number of amides is 1. The topological polar surface area (TPSA) is 84.3 Å². The standard InChI is InChI=1S/C17H28N4O3S/c1-14-11-18-21(12-14)10-8-17(22)20-9-4-7-16(13-20)25(23,24)19-15-5-2-3-6-15/h11-12,15-16,19H,2-10,13H2,1H3/t16-/m0/s1. The summed E-state index contributed by atoms with van der Waals surface area (Å²) in [5.41, 5.74) is 1.06. The van der Waals surface area contributed by atoms with E-state index < -0.39 is 15.3 Å². The Kier molecular flexibility index (Phi) is 5.78. The third kappa shape index (κ3) is 4.82. The van der Waals surface area contributed by atoms with Crippen LogP contribution >= 0.6 is 0 Å². The average molecular weight is 369 g/mol. The molecule has 1 aliphatic heterocycles. The number of nitrogens with zero attached hydrogens (tertiary/aromatic N) is 3. The van der Waals surface area contributed by atoms with E-state index in [0.29, 0.717) is 32.5 Å². The Balaban J connectivity index is 1.53. The Morgan fingerprint density at radius 1 is 1.28 bits per heavy atom. The normalized spacial score (nSPS) is 22.4. The van der Waals surface area contributed by atoms with Gasteiger partial charge in [0.2, 0.25) is 15.9 Å². The van der Waals surface area contributed by atoms with Gasteiger partial charge in [0, 0.05) is 38.3 Å². The van der Waals surface area contributed by atoms with Crippen molar-refractivity contribution in [3.8, 4) is 0 Å². The summed E-state index contributed by atoms with van der Waals surface area (Å²) >= 11 is 0. The predicted octanol–water partition coefficient (Wildman–Crippen LogP) is 1.43. The molecule has 7 nitrogen and oxygen atoms in total. The first kappa shape index (κ1) is 18.4. The molecule has 0 aromatic carbocycles. The number of likely N-dealkylation sites (tertiary alicyclic amines) is 1. The van der Waals surface area contributed by atoms with Crippen LogP contribution in [0.25, 0.3) is 0 Å². The van der Waals surface area contributed by atoms with Crippen LogP contribution in [0.5, 0.6) is 0 Å². The van der Waals surface area contributed by atoms with Gasteiger partial charge in [0.25, 0.3) is 0 Å². The van der Waals surface area contributed by atoms with Gasteiger partial charge in [-0.15, -0.1) is 0 Å². The summed E-state index contributed by atoms with van der Waals surface area (Å²) in [4.78, 5) is 14.2. The van der Waals surface area contributed by atoms with Crippen molar-refractivity contribution in [1.82, 2.24) is 19.4 Å². The molecule has 3 rings (SSSR count). The second-order valence-electron chi connectivity index (χ2n) is 7.28. The van der Waals surface area contributed by atoms with E-state index >= 15 is 0 Å². The molecule has 2 fully saturated rings. The van der Waals surface area contributed by atoms with Crippen molar-refractivity contribution in [2.24, 2.45) is 0 Å². The van der Waals surface area contributed by atoms with Crippen molar-refractivity contribution in [2.45, 2.75) is 69.7 Å². The molecule has 8 heteroatoms. The molecule has 1 amide bonds. The van der Waals surface area contributed by atoms with Crippen LogP contribution in [0.1, 0.15) is 50.5 Å². The van der Waals surface area contributed by atoms with E-state index in [9.17, 15) is 13.2 Å². The van der Waals surface area contributed by atoms with E-state index in [1.54, 1.807) is 15.8 Å². The van der Waals surface area contributed by atoms with E-state index in [0.717, 1.165) is 37.7 Å². The minimum Gasteiger partial charge on any atom is -0.341 e. The highest BCUT2D eigenvalue weighted by atomic mass is 32.2. The molecule has 0 bridgehead atoms. The van der Waals surface area contributed by atoms with Gasteiger partial charge >= 0.3 is 0 Å². The maximum atomic E-state index is 12.6. The van der Waals surface area contributed by atoms with Gasteiger partial charge in [-0.2, -0.15) is 5.10 Å². The fourth-order valence-electron chi connectivity index (χ4n) is 3.75. The molecule has 0 unspecified atom stereocenters. The Morgan fingerprint density at radius 3 is 2.72 bits per heavy atom. The summed E-state index contributed by atoms with van der Waals surface area (Å²) in [6, 6.07) is 0.0825. The van der Waals surface area contributed by atoms with Crippen LogP contribution in [0.3, 0.4) is 0 Å². The van der Waals surface area contributed by atoms with Gasteiger partial charge in [-0.1, -0.05) is 12.8 Å². The van der Waals surface area contributed by atoms with E-state index in [2.05, 4.69) is 9.82 Å². The van der Waals surface area contributed by atoms with Crippen molar-refractivity contribution < 1.29 is 13.2 Å². The summed E-state index contributed by atoms with van der Waals surface area (Å²) in [6.07, 6.45) is 9.43. The Morgan fingerprint density at radius 2 is 2.04 bits per heavy atom. The first-order chi connectivity index (χ1) is 11.9. The third-order valence-corrected chi connectivity index (χ3v) is 7.10. The number of piperidine rings is 1. The largest absolute Gasteiger partial charge is 0.341 e. The van der Waals surface area contributed by atoms with E-state index in [1.807, 2.05) is 13.1 Å². The van der Waals surface area contributed by atoms with Crippen molar-refractivity contribution in [2.75, 3.05) is 13.1 Å². The fourth-order valence-corrected chi connectivity index (χ4v) is 5.49. The van der Waals surface area contributed by atoms with Crippen LogP contribution in [0.15, 0.2) is 12.4 Å². The molecule has 1 N–H and O–H groups in total. The molecule has 25 heavy (non-hydrogen) atoms. The van der Waals surface area contributed by atoms with Gasteiger partial charge in [-0.05, 0) is 38.2 Å². The average Bonchev–Trinajstić information content (AvgIpc) is 3.24. The Bertz CT molecular complexity index is 695. The van der Waals surface area contributed by atoms with Crippen LogP contribution < -0.4 is 4.72 Å². The number of sulfonamides is 1. The second-order valence-corrected chi connectivity index (χ2v) is 9.27. The molecule has 2 aliphatic rings. The van der Waals surface area contributed by atoms with Gasteiger partial charge in [-0.25, -0.2) is 13.1 Å². The lowest BCUT2D eigenvalue weighted by Gasteiger charge is -2.33. The lowest BCUT2D eigenvalue weighted by molar-refractivity contribution is -0.132. The Hall–Kier alpha value is -1.41. The monoisotopic (exact) mass is 368 g/mol. The van der Waals surface area contributed by atoms with Crippen LogP contribution in [0, 0.1) is 6.92 Å². The lowest BCUT2D eigenvalue weighted by Crippen LogP contribution is -2.50. The first-order valence-electron chi connectivity index (χ1n) is 9.22. The highest BCUT2D eigenvalue weighted by Crippen LogP contribution is 2.22. The molecule has 1 aromatic heterocycles. The zero-order valence-electron chi connectivity index (χ0n) is 14.9. The summed E-state index contributed by atoms with van der Waals surface area (Å²) in [7, 11) is -3.36. The summed E-state index contributed by atoms with van der Waals surface area (Å²) in [5.74, 6) is 0.00826. The minimum atomic E-state index is -3.36. The van der Waals surface area contributed by atoms with E-state index in [1.165, 1.54) is 0 Å². The van der Waals surface area contributed by atoms with Crippen molar-refractivity contribution in [3.63, 3.8) is 0 Å². The number of hydrogen-bond acceptors (Lipinski definition) is 4. The molecule has 2 heterocycles. The van der Waals surface area contributed by atoms with E-state index in [4.69, 9.17) is 0 Å². The molecule has 140 valence electrons. The molecule has 1 aliphatic carbocycles. The molecule has 1 saturated carbocycles. The van der Waals surface area contributed by atoms with Crippen LogP contribution in [-0.2, 0) is 21.4 Å². The molecule has 1 atom stereocenters. The summed E-state index contributed by atoms with van der Waals surface area (Å²) in [6.45, 7) is 3.44. The van der Waals surface area contributed by atoms with Crippen molar-refractivity contribution >= 4 is 15.9 Å². The van der Waals surface area contributed by atoms with Crippen LogP contribution in [-0.4, -0.2) is 53.4 Å². The maximum absolute atomic E-state index is 12.6. The highest BCUT2D eigenvalue weighted by Gasteiger charge is 2.34. The third-order valence-electron chi connectivity index (χ3n) is 5.17. The number of aryl methyl sites for hydroxylation is 2. The van der Waals surface area contributed by atoms with Gasteiger partial charge in [0.1, 0.15) is 0 Å². The van der Waals surface area contributed by atoms with Gasteiger partial charge in [-0.3, -0.25) is 9.48 Å². The lowest BCUT2D eigenvalue weighted by atomic mass is 10.1.